The minimum absolute atomic E-state index is 0.317. The van der Waals surface area contributed by atoms with Crippen LogP contribution in [-0.4, -0.2) is 4.98 Å². The molecule has 6 heteroatoms. The van der Waals surface area contributed by atoms with Crippen molar-refractivity contribution in [2.75, 3.05) is 4.84 Å². The van der Waals surface area contributed by atoms with Crippen LogP contribution in [-0.2, 0) is 0 Å². The third-order valence-corrected chi connectivity index (χ3v) is 1.51. The SMILES string of the molecule is [O-][NH+](Cl)c1cncc(NCl)c1. The molecular weight excluding hydrogens is 189 g/mol. The summed E-state index contributed by atoms with van der Waals surface area (Å²) < 4.78 is -0.550. The number of quaternary nitrogens is 1. The van der Waals surface area contributed by atoms with Gasteiger partial charge in [-0.15, -0.1) is 0 Å². The molecule has 4 nitrogen and oxygen atoms in total. The highest BCUT2D eigenvalue weighted by atomic mass is 35.5. The van der Waals surface area contributed by atoms with Crippen LogP contribution in [0.5, 0.6) is 0 Å². The Bertz CT molecular complexity index is 243. The number of hydrogen-bond donors (Lipinski definition) is 2. The summed E-state index contributed by atoms with van der Waals surface area (Å²) in [4.78, 5) is 6.05. The van der Waals surface area contributed by atoms with E-state index in [1.165, 1.54) is 18.5 Å². The minimum atomic E-state index is -0.550. The normalized spacial score (nSPS) is 12.6. The van der Waals surface area contributed by atoms with Crippen molar-refractivity contribution in [2.24, 2.45) is 0 Å². The topological polar surface area (TPSA) is 52.4 Å². The molecule has 0 radical (unpaired) electrons. The van der Waals surface area contributed by atoms with Gasteiger partial charge in [0.15, 0.2) is 17.5 Å². The maximum Gasteiger partial charge on any atom is 0.170 e. The fourth-order valence-corrected chi connectivity index (χ4v) is 0.806. The molecule has 1 heterocycles. The van der Waals surface area contributed by atoms with Crippen molar-refractivity contribution in [3.8, 4) is 0 Å². The predicted octanol–water partition coefficient (Wildman–Crippen LogP) is 0.815. The average molecular weight is 194 g/mol. The fraction of sp³-hybridized carbons (Fsp3) is 0. The molecule has 2 N–H and O–H groups in total. The highest BCUT2D eigenvalue weighted by Gasteiger charge is 2.00. The number of aromatic nitrogens is 1. The summed E-state index contributed by atoms with van der Waals surface area (Å²) in [6, 6.07) is 1.51. The Labute approximate surface area is 73.5 Å². The van der Waals surface area contributed by atoms with E-state index in [1.54, 1.807) is 0 Å². The van der Waals surface area contributed by atoms with Gasteiger partial charge in [-0.25, -0.2) is 4.58 Å². The molecule has 1 unspecified atom stereocenters. The average Bonchev–Trinajstić information content (AvgIpc) is 2.05. The van der Waals surface area contributed by atoms with E-state index in [0.29, 0.717) is 11.4 Å². The van der Waals surface area contributed by atoms with Gasteiger partial charge in [0.2, 0.25) is 0 Å². The van der Waals surface area contributed by atoms with Crippen LogP contribution in [0, 0.1) is 5.21 Å². The first-order valence-electron chi connectivity index (χ1n) is 2.75. The van der Waals surface area contributed by atoms with E-state index in [1.807, 2.05) is 0 Å². The van der Waals surface area contributed by atoms with Crippen LogP contribution in [0.3, 0.4) is 0 Å². The molecule has 1 aromatic rings. The zero-order valence-corrected chi connectivity index (χ0v) is 6.86. The molecule has 0 bridgehead atoms. The molecule has 0 fully saturated rings. The van der Waals surface area contributed by atoms with Crippen LogP contribution in [0.15, 0.2) is 18.5 Å². The highest BCUT2D eigenvalue weighted by Crippen LogP contribution is 2.09. The Kier molecular flexibility index (Phi) is 2.90. The summed E-state index contributed by atoms with van der Waals surface area (Å²) >= 11 is 10.4. The molecular formula is C5H5Cl2N3O. The van der Waals surface area contributed by atoms with Crippen molar-refractivity contribution in [3.05, 3.63) is 23.7 Å². The van der Waals surface area contributed by atoms with Crippen molar-refractivity contribution in [1.82, 2.24) is 4.98 Å². The van der Waals surface area contributed by atoms with Gasteiger partial charge in [-0.2, -0.15) is 0 Å². The van der Waals surface area contributed by atoms with Gasteiger partial charge < -0.3 is 5.21 Å². The lowest BCUT2D eigenvalue weighted by Crippen LogP contribution is -2.91. The van der Waals surface area contributed by atoms with Gasteiger partial charge in [-0.3, -0.25) is 9.82 Å². The maximum atomic E-state index is 10.6. The Balaban J connectivity index is 2.91. The first kappa shape index (κ1) is 8.55. The molecule has 11 heavy (non-hydrogen) atoms. The van der Waals surface area contributed by atoms with Crippen molar-refractivity contribution in [3.63, 3.8) is 0 Å². The third-order valence-electron chi connectivity index (χ3n) is 1.07. The van der Waals surface area contributed by atoms with Gasteiger partial charge in [0.25, 0.3) is 0 Å². The zero-order chi connectivity index (χ0) is 8.27. The summed E-state index contributed by atoms with van der Waals surface area (Å²) in [6.07, 6.45) is 2.85. The zero-order valence-electron chi connectivity index (χ0n) is 5.34. The van der Waals surface area contributed by atoms with Gasteiger partial charge in [-0.1, -0.05) is 0 Å². The first-order valence-corrected chi connectivity index (χ1v) is 3.51. The Morgan fingerprint density at radius 2 is 2.27 bits per heavy atom. The second-order valence-corrected chi connectivity index (χ2v) is 2.36. The standard InChI is InChI=1S/C5H5Cl2N3O/c6-9-4-1-5(10(7)11)3-8-2-4/h1-3,9-10H. The fourth-order valence-electron chi connectivity index (χ4n) is 0.599. The second kappa shape index (κ2) is 3.73. The lowest BCUT2D eigenvalue weighted by Gasteiger charge is -2.09. The van der Waals surface area contributed by atoms with Crippen LogP contribution in [0.2, 0.25) is 0 Å². The molecule has 0 spiro atoms. The van der Waals surface area contributed by atoms with E-state index in [4.69, 9.17) is 23.6 Å². The first-order chi connectivity index (χ1) is 5.24. The lowest BCUT2D eigenvalue weighted by molar-refractivity contribution is -0.634. The molecule has 0 saturated carbocycles. The summed E-state index contributed by atoms with van der Waals surface area (Å²) in [5, 5.41) is 10.6. The number of nitrogens with one attached hydrogen (secondary N) is 2. The Hall–Kier alpha value is -0.550. The van der Waals surface area contributed by atoms with E-state index < -0.39 is 4.58 Å². The summed E-state index contributed by atoms with van der Waals surface area (Å²) in [6.45, 7) is 0. The van der Waals surface area contributed by atoms with Crippen molar-refractivity contribution in [1.29, 1.82) is 0 Å². The van der Waals surface area contributed by atoms with E-state index >= 15 is 0 Å². The number of hydrogen-bond acceptors (Lipinski definition) is 3. The number of halogens is 2. The molecule has 60 valence electrons. The number of pyridine rings is 1. The molecule has 0 aliphatic rings. The van der Waals surface area contributed by atoms with E-state index in [2.05, 4.69) is 9.82 Å². The van der Waals surface area contributed by atoms with Gasteiger partial charge >= 0.3 is 0 Å². The molecule has 0 saturated heterocycles. The quantitative estimate of drug-likeness (QED) is 0.541. The summed E-state index contributed by atoms with van der Waals surface area (Å²) in [7, 11) is 0. The van der Waals surface area contributed by atoms with Crippen LogP contribution in [0.1, 0.15) is 0 Å². The summed E-state index contributed by atoms with van der Waals surface area (Å²) in [5.41, 5.74) is 0.857. The summed E-state index contributed by atoms with van der Waals surface area (Å²) in [5.74, 6) is 0. The number of rotatable bonds is 2. The monoisotopic (exact) mass is 193 g/mol. The van der Waals surface area contributed by atoms with Crippen LogP contribution in [0.4, 0.5) is 11.4 Å². The molecule has 1 rings (SSSR count). The van der Waals surface area contributed by atoms with Crippen LogP contribution >= 0.6 is 23.6 Å². The van der Waals surface area contributed by atoms with Crippen molar-refractivity contribution < 1.29 is 4.58 Å². The molecule has 1 aromatic heterocycles. The molecule has 0 amide bonds. The van der Waals surface area contributed by atoms with Gasteiger partial charge in [0.1, 0.15) is 0 Å². The van der Waals surface area contributed by atoms with E-state index in [0.717, 1.165) is 0 Å². The van der Waals surface area contributed by atoms with Gasteiger partial charge in [0, 0.05) is 17.8 Å². The van der Waals surface area contributed by atoms with Crippen LogP contribution < -0.4 is 9.42 Å². The second-order valence-electron chi connectivity index (χ2n) is 1.83. The Morgan fingerprint density at radius 3 is 2.82 bits per heavy atom. The third kappa shape index (κ3) is 2.20. The van der Waals surface area contributed by atoms with E-state index in [-0.39, 0.29) is 0 Å². The Morgan fingerprint density at radius 1 is 1.55 bits per heavy atom. The predicted molar refractivity (Wildman–Crippen MR) is 43.6 cm³/mol. The van der Waals surface area contributed by atoms with E-state index in [9.17, 15) is 5.21 Å². The minimum Gasteiger partial charge on any atom is -0.610 e. The number of anilines is 1. The smallest absolute Gasteiger partial charge is 0.170 e. The molecule has 0 aliphatic heterocycles. The molecule has 0 aliphatic carbocycles. The maximum absolute atomic E-state index is 10.6. The van der Waals surface area contributed by atoms with Crippen LogP contribution in [0.25, 0.3) is 0 Å². The van der Waals surface area contributed by atoms with Crippen molar-refractivity contribution in [2.45, 2.75) is 0 Å². The van der Waals surface area contributed by atoms with Gasteiger partial charge in [-0.05, 0) is 0 Å². The highest BCUT2D eigenvalue weighted by molar-refractivity contribution is 6.23. The number of nitrogens with zero attached hydrogens (tertiary/aromatic N) is 1. The largest absolute Gasteiger partial charge is 0.610 e. The molecule has 0 aromatic carbocycles. The lowest BCUT2D eigenvalue weighted by atomic mass is 10.4. The molecule has 1 atom stereocenters. The van der Waals surface area contributed by atoms with Crippen molar-refractivity contribution >= 4 is 34.9 Å². The van der Waals surface area contributed by atoms with Gasteiger partial charge in [0.05, 0.1) is 18.1 Å².